The van der Waals surface area contributed by atoms with Crippen LogP contribution in [-0.4, -0.2) is 105 Å². The molecule has 1 aromatic rings. The van der Waals surface area contributed by atoms with Crippen molar-refractivity contribution in [3.05, 3.63) is 11.6 Å². The standard InChI is InChI=1S/C20H34N6O2.2C2H4O2/c1-14-22-19(24-23-14)15-4-8-25(9-5-15)20(27)16-2-3-17(21)13-26(12-16)18-6-10-28-11-7-18;2*1-2(3)4/h15-18H,2-13,21H2,1H3,(H,22,23,24);2*1H3,(H,3,4)/t16-,17+;;/m1../s1. The number of carbonyl (C=O) groups excluding carboxylic acids is 1. The second-order valence-electron chi connectivity index (χ2n) is 9.75. The first-order valence-corrected chi connectivity index (χ1v) is 12.7. The van der Waals surface area contributed by atoms with Crippen LogP contribution in [-0.2, 0) is 19.1 Å². The SMILES string of the molecule is CC(=O)O.CC(=O)O.Cc1nc(C2CCN(C(=O)[C@@H]3CC[C@H](N)CN(C4CCOCC4)C3)CC2)n[nH]1. The molecule has 0 spiro atoms. The molecule has 3 aliphatic heterocycles. The average Bonchev–Trinajstić information content (AvgIpc) is 3.16. The van der Waals surface area contributed by atoms with Gasteiger partial charge in [-0.15, -0.1) is 0 Å². The Morgan fingerprint density at radius 2 is 1.56 bits per heavy atom. The first-order chi connectivity index (χ1) is 17.1. The van der Waals surface area contributed by atoms with Crippen molar-refractivity contribution in [1.82, 2.24) is 25.0 Å². The van der Waals surface area contributed by atoms with Crippen LogP contribution >= 0.6 is 0 Å². The third-order valence-corrected chi connectivity index (χ3v) is 6.65. The molecule has 3 saturated heterocycles. The molecule has 4 rings (SSSR count). The van der Waals surface area contributed by atoms with E-state index >= 15 is 0 Å². The number of hydrogen-bond donors (Lipinski definition) is 4. The lowest BCUT2D eigenvalue weighted by Gasteiger charge is -2.37. The normalized spacial score (nSPS) is 23.9. The molecule has 12 nitrogen and oxygen atoms in total. The van der Waals surface area contributed by atoms with Crippen LogP contribution in [0.2, 0.25) is 0 Å². The van der Waals surface area contributed by atoms with Gasteiger partial charge in [-0.2, -0.15) is 5.10 Å². The Labute approximate surface area is 212 Å². The summed E-state index contributed by atoms with van der Waals surface area (Å²) in [5.41, 5.74) is 6.34. The van der Waals surface area contributed by atoms with Gasteiger partial charge in [0.2, 0.25) is 5.91 Å². The first kappa shape index (κ1) is 29.7. The summed E-state index contributed by atoms with van der Waals surface area (Å²) in [6, 6.07) is 0.674. The average molecular weight is 511 g/mol. The molecule has 0 bridgehead atoms. The minimum absolute atomic E-state index is 0.0682. The molecule has 2 atom stereocenters. The van der Waals surface area contributed by atoms with Gasteiger partial charge in [0, 0.05) is 71.2 Å². The lowest BCUT2D eigenvalue weighted by atomic mass is 9.93. The number of carbonyl (C=O) groups is 3. The summed E-state index contributed by atoms with van der Waals surface area (Å²) >= 11 is 0. The topological polar surface area (TPSA) is 175 Å². The monoisotopic (exact) mass is 510 g/mol. The van der Waals surface area contributed by atoms with E-state index in [1.165, 1.54) is 0 Å². The van der Waals surface area contributed by atoms with Crippen molar-refractivity contribution in [2.45, 2.75) is 77.3 Å². The van der Waals surface area contributed by atoms with Gasteiger partial charge in [0.15, 0.2) is 5.82 Å². The zero-order chi connectivity index (χ0) is 26.7. The van der Waals surface area contributed by atoms with Crippen molar-refractivity contribution in [3.8, 4) is 0 Å². The maximum atomic E-state index is 13.3. The molecule has 1 amide bonds. The van der Waals surface area contributed by atoms with E-state index in [1.54, 1.807) is 0 Å². The van der Waals surface area contributed by atoms with E-state index in [0.29, 0.717) is 17.9 Å². The number of carboxylic acid groups (broad SMARTS) is 2. The van der Waals surface area contributed by atoms with Crippen LogP contribution in [0, 0.1) is 12.8 Å². The minimum atomic E-state index is -0.833. The fourth-order valence-electron chi connectivity index (χ4n) is 4.97. The van der Waals surface area contributed by atoms with Gasteiger partial charge >= 0.3 is 0 Å². The highest BCUT2D eigenvalue weighted by molar-refractivity contribution is 5.79. The van der Waals surface area contributed by atoms with E-state index in [2.05, 4.69) is 25.0 Å². The molecule has 3 aliphatic rings. The quantitative estimate of drug-likeness (QED) is 0.462. The number of piperidine rings is 1. The Bertz CT molecular complexity index is 815. The lowest BCUT2D eigenvalue weighted by molar-refractivity contribution is -0.138. The van der Waals surface area contributed by atoms with E-state index in [-0.39, 0.29) is 12.0 Å². The Balaban J connectivity index is 0.000000501. The number of aromatic amines is 1. The number of carboxylic acids is 2. The molecule has 5 N–H and O–H groups in total. The molecule has 0 aliphatic carbocycles. The Hall–Kier alpha value is -2.57. The molecule has 0 unspecified atom stereocenters. The van der Waals surface area contributed by atoms with Crippen molar-refractivity contribution in [1.29, 1.82) is 0 Å². The van der Waals surface area contributed by atoms with Crippen molar-refractivity contribution in [2.24, 2.45) is 11.7 Å². The summed E-state index contributed by atoms with van der Waals surface area (Å²) in [6.07, 6.45) is 5.82. The fourth-order valence-corrected chi connectivity index (χ4v) is 4.97. The number of H-pyrrole nitrogens is 1. The molecule has 0 radical (unpaired) electrons. The number of ether oxygens (including phenoxy) is 1. The Morgan fingerprint density at radius 1 is 0.972 bits per heavy atom. The van der Waals surface area contributed by atoms with E-state index in [4.69, 9.17) is 30.3 Å². The molecule has 36 heavy (non-hydrogen) atoms. The predicted octanol–water partition coefficient (Wildman–Crippen LogP) is 1.22. The number of aryl methyl sites for hydroxylation is 1. The minimum Gasteiger partial charge on any atom is -0.481 e. The Kier molecular flexibility index (Phi) is 12.2. The molecule has 0 saturated carbocycles. The number of amides is 1. The first-order valence-electron chi connectivity index (χ1n) is 12.7. The number of nitrogens with one attached hydrogen (secondary N) is 1. The van der Waals surface area contributed by atoms with Gasteiger partial charge in [-0.25, -0.2) is 4.98 Å². The van der Waals surface area contributed by atoms with Crippen molar-refractivity contribution in [2.75, 3.05) is 39.4 Å². The number of nitrogens with zero attached hydrogens (tertiary/aromatic N) is 4. The van der Waals surface area contributed by atoms with Crippen molar-refractivity contribution in [3.63, 3.8) is 0 Å². The lowest BCUT2D eigenvalue weighted by Crippen LogP contribution is -2.48. The molecular formula is C24H42N6O6. The van der Waals surface area contributed by atoms with Gasteiger partial charge in [0.05, 0.1) is 5.92 Å². The van der Waals surface area contributed by atoms with Gasteiger partial charge in [-0.1, -0.05) is 0 Å². The van der Waals surface area contributed by atoms with Crippen LogP contribution in [0.25, 0.3) is 0 Å². The number of aliphatic carboxylic acids is 2. The van der Waals surface area contributed by atoms with E-state index in [9.17, 15) is 4.79 Å². The van der Waals surface area contributed by atoms with Crippen LogP contribution in [0.3, 0.4) is 0 Å². The highest BCUT2D eigenvalue weighted by Gasteiger charge is 2.35. The number of rotatable bonds is 3. The summed E-state index contributed by atoms with van der Waals surface area (Å²) in [6.45, 7) is 9.09. The predicted molar refractivity (Wildman–Crippen MR) is 132 cm³/mol. The van der Waals surface area contributed by atoms with Crippen LogP contribution in [0.4, 0.5) is 0 Å². The van der Waals surface area contributed by atoms with Gasteiger partial charge in [-0.05, 0) is 45.4 Å². The Morgan fingerprint density at radius 3 is 2.08 bits per heavy atom. The molecular weight excluding hydrogens is 468 g/mol. The molecule has 12 heteroatoms. The third kappa shape index (κ3) is 10.2. The van der Waals surface area contributed by atoms with E-state index in [1.807, 2.05) is 6.92 Å². The fraction of sp³-hybridized carbons (Fsp3) is 0.792. The van der Waals surface area contributed by atoms with Crippen LogP contribution in [0.1, 0.15) is 69.9 Å². The summed E-state index contributed by atoms with van der Waals surface area (Å²) in [4.78, 5) is 40.3. The third-order valence-electron chi connectivity index (χ3n) is 6.65. The van der Waals surface area contributed by atoms with Crippen molar-refractivity contribution < 1.29 is 29.3 Å². The summed E-state index contributed by atoms with van der Waals surface area (Å²) < 4.78 is 5.52. The summed E-state index contributed by atoms with van der Waals surface area (Å²) in [5, 5.41) is 22.1. The van der Waals surface area contributed by atoms with Crippen LogP contribution in [0.5, 0.6) is 0 Å². The largest absolute Gasteiger partial charge is 0.481 e. The smallest absolute Gasteiger partial charge is 0.300 e. The second-order valence-corrected chi connectivity index (χ2v) is 9.75. The number of hydrogen-bond acceptors (Lipinski definition) is 8. The van der Waals surface area contributed by atoms with Gasteiger partial charge in [0.1, 0.15) is 5.82 Å². The summed E-state index contributed by atoms with van der Waals surface area (Å²) in [7, 11) is 0. The zero-order valence-corrected chi connectivity index (χ0v) is 21.7. The molecule has 3 fully saturated rings. The number of likely N-dealkylation sites (tertiary alicyclic amines) is 2. The summed E-state index contributed by atoms with van der Waals surface area (Å²) in [5.74, 6) is 0.831. The molecule has 4 heterocycles. The maximum Gasteiger partial charge on any atom is 0.300 e. The van der Waals surface area contributed by atoms with Gasteiger partial charge in [0.25, 0.3) is 11.9 Å². The second kappa shape index (κ2) is 14.9. The number of nitrogens with two attached hydrogens (primary N) is 1. The zero-order valence-electron chi connectivity index (χ0n) is 21.7. The van der Waals surface area contributed by atoms with Crippen LogP contribution < -0.4 is 5.73 Å². The van der Waals surface area contributed by atoms with Crippen molar-refractivity contribution >= 4 is 17.8 Å². The van der Waals surface area contributed by atoms with Gasteiger partial charge in [-0.3, -0.25) is 24.4 Å². The maximum absolute atomic E-state index is 13.3. The molecule has 1 aromatic heterocycles. The van der Waals surface area contributed by atoms with E-state index < -0.39 is 11.9 Å². The van der Waals surface area contributed by atoms with Crippen LogP contribution in [0.15, 0.2) is 0 Å². The van der Waals surface area contributed by atoms with Gasteiger partial charge < -0.3 is 25.6 Å². The molecule has 0 aromatic carbocycles. The number of aromatic nitrogens is 3. The highest BCUT2D eigenvalue weighted by atomic mass is 16.5. The van der Waals surface area contributed by atoms with E-state index in [0.717, 1.165) is 103 Å². The molecule has 204 valence electrons. The highest BCUT2D eigenvalue weighted by Crippen LogP contribution is 2.28.